The molecular formula is C9H18S. The maximum absolute atomic E-state index is 2.28. The molecule has 0 N–H and O–H groups in total. The number of hydrogen-bond acceptors (Lipinski definition) is 1. The lowest BCUT2D eigenvalue weighted by molar-refractivity contribution is 0.630. The second-order valence-electron chi connectivity index (χ2n) is 3.13. The van der Waals surface area contributed by atoms with Gasteiger partial charge in [-0.05, 0) is 25.0 Å². The van der Waals surface area contributed by atoms with Gasteiger partial charge in [0.05, 0.1) is 0 Å². The van der Waals surface area contributed by atoms with E-state index >= 15 is 0 Å². The molecule has 1 fully saturated rings. The van der Waals surface area contributed by atoms with Gasteiger partial charge >= 0.3 is 0 Å². The van der Waals surface area contributed by atoms with E-state index in [1.54, 1.807) is 0 Å². The van der Waals surface area contributed by atoms with E-state index in [2.05, 4.69) is 18.7 Å². The molecule has 0 aliphatic carbocycles. The summed E-state index contributed by atoms with van der Waals surface area (Å²) in [7, 11) is 0. The third-order valence-corrected chi connectivity index (χ3v) is 3.62. The molecule has 0 saturated carbocycles. The van der Waals surface area contributed by atoms with Crippen LogP contribution in [0.3, 0.4) is 0 Å². The van der Waals surface area contributed by atoms with Gasteiger partial charge < -0.3 is 0 Å². The molecule has 1 heterocycles. The fourth-order valence-corrected chi connectivity index (χ4v) is 2.83. The van der Waals surface area contributed by atoms with Gasteiger partial charge in [0.15, 0.2) is 0 Å². The molecule has 0 bridgehead atoms. The van der Waals surface area contributed by atoms with E-state index in [0.717, 1.165) is 5.25 Å². The van der Waals surface area contributed by atoms with Crippen LogP contribution in [0.2, 0.25) is 0 Å². The van der Waals surface area contributed by atoms with Crippen LogP contribution in [0.5, 0.6) is 0 Å². The van der Waals surface area contributed by atoms with E-state index in [-0.39, 0.29) is 0 Å². The molecule has 1 saturated heterocycles. The van der Waals surface area contributed by atoms with Crippen molar-refractivity contribution in [3.8, 4) is 0 Å². The normalized spacial score (nSPS) is 25.5. The van der Waals surface area contributed by atoms with Gasteiger partial charge in [0.2, 0.25) is 0 Å². The molecule has 1 aliphatic rings. The number of unbranched alkanes of at least 4 members (excludes halogenated alkanes) is 2. The summed E-state index contributed by atoms with van der Waals surface area (Å²) in [5.74, 6) is 1.43. The maximum Gasteiger partial charge on any atom is 0.00473 e. The lowest BCUT2D eigenvalue weighted by Gasteiger charge is -2.05. The van der Waals surface area contributed by atoms with Crippen LogP contribution in [0.1, 0.15) is 45.4 Å². The zero-order valence-electron chi connectivity index (χ0n) is 6.94. The van der Waals surface area contributed by atoms with Crippen molar-refractivity contribution in [1.82, 2.24) is 0 Å². The van der Waals surface area contributed by atoms with E-state index in [9.17, 15) is 0 Å². The average Bonchev–Trinajstić information content (AvgIpc) is 2.41. The van der Waals surface area contributed by atoms with Gasteiger partial charge in [0, 0.05) is 5.25 Å². The predicted octanol–water partition coefficient (Wildman–Crippen LogP) is 3.46. The minimum Gasteiger partial charge on any atom is -0.159 e. The Morgan fingerprint density at radius 2 is 2.30 bits per heavy atom. The summed E-state index contributed by atoms with van der Waals surface area (Å²) in [5, 5.41) is 1.03. The summed E-state index contributed by atoms with van der Waals surface area (Å²) in [6, 6.07) is 0. The Morgan fingerprint density at radius 3 is 2.90 bits per heavy atom. The first-order valence-corrected chi connectivity index (χ1v) is 5.60. The highest BCUT2D eigenvalue weighted by Crippen LogP contribution is 2.29. The molecule has 0 amide bonds. The molecule has 60 valence electrons. The Labute approximate surface area is 68.8 Å². The Balaban J connectivity index is 1.91. The lowest BCUT2D eigenvalue weighted by atomic mass is 10.1. The van der Waals surface area contributed by atoms with Crippen molar-refractivity contribution in [2.24, 2.45) is 0 Å². The van der Waals surface area contributed by atoms with Crippen molar-refractivity contribution in [2.75, 3.05) is 5.75 Å². The SMILES string of the molecule is CCCCCC1CCCS1. The smallest absolute Gasteiger partial charge is 0.00473 e. The van der Waals surface area contributed by atoms with Crippen molar-refractivity contribution in [2.45, 2.75) is 50.7 Å². The quantitative estimate of drug-likeness (QED) is 0.565. The van der Waals surface area contributed by atoms with E-state index in [4.69, 9.17) is 0 Å². The van der Waals surface area contributed by atoms with Gasteiger partial charge in [-0.15, -0.1) is 0 Å². The van der Waals surface area contributed by atoms with Crippen LogP contribution in [0.15, 0.2) is 0 Å². The predicted molar refractivity (Wildman–Crippen MR) is 49.6 cm³/mol. The summed E-state index contributed by atoms with van der Waals surface area (Å²) in [5.41, 5.74) is 0. The molecule has 1 atom stereocenters. The minimum atomic E-state index is 1.03. The van der Waals surface area contributed by atoms with Crippen LogP contribution >= 0.6 is 11.8 Å². The molecule has 0 spiro atoms. The fraction of sp³-hybridized carbons (Fsp3) is 1.00. The second kappa shape index (κ2) is 5.06. The number of thioether (sulfide) groups is 1. The molecular weight excluding hydrogens is 140 g/mol. The van der Waals surface area contributed by atoms with Gasteiger partial charge in [-0.25, -0.2) is 0 Å². The molecule has 0 aromatic heterocycles. The highest BCUT2D eigenvalue weighted by atomic mass is 32.2. The van der Waals surface area contributed by atoms with Gasteiger partial charge in [-0.3, -0.25) is 0 Å². The molecule has 0 aromatic carbocycles. The monoisotopic (exact) mass is 158 g/mol. The molecule has 1 unspecified atom stereocenters. The van der Waals surface area contributed by atoms with Crippen molar-refractivity contribution in [3.05, 3.63) is 0 Å². The van der Waals surface area contributed by atoms with Gasteiger partial charge in [0.1, 0.15) is 0 Å². The van der Waals surface area contributed by atoms with Gasteiger partial charge in [0.25, 0.3) is 0 Å². The van der Waals surface area contributed by atoms with Crippen LogP contribution in [0, 0.1) is 0 Å². The van der Waals surface area contributed by atoms with Crippen LogP contribution in [-0.2, 0) is 0 Å². The third-order valence-electron chi connectivity index (χ3n) is 2.15. The van der Waals surface area contributed by atoms with Crippen LogP contribution in [-0.4, -0.2) is 11.0 Å². The number of rotatable bonds is 4. The van der Waals surface area contributed by atoms with Crippen molar-refractivity contribution < 1.29 is 0 Å². The van der Waals surface area contributed by atoms with Crippen LogP contribution in [0.25, 0.3) is 0 Å². The highest BCUT2D eigenvalue weighted by molar-refractivity contribution is 8.00. The van der Waals surface area contributed by atoms with Crippen molar-refractivity contribution >= 4 is 11.8 Å². The summed E-state index contributed by atoms with van der Waals surface area (Å²) >= 11 is 2.19. The fourth-order valence-electron chi connectivity index (χ4n) is 1.49. The van der Waals surface area contributed by atoms with E-state index < -0.39 is 0 Å². The van der Waals surface area contributed by atoms with Gasteiger partial charge in [-0.2, -0.15) is 11.8 Å². The maximum atomic E-state index is 2.28. The Hall–Kier alpha value is 0.350. The molecule has 0 aromatic rings. The van der Waals surface area contributed by atoms with E-state index in [1.165, 1.54) is 44.3 Å². The topological polar surface area (TPSA) is 0 Å². The summed E-state index contributed by atoms with van der Waals surface area (Å²) in [6.07, 6.45) is 8.73. The zero-order chi connectivity index (χ0) is 7.23. The summed E-state index contributed by atoms with van der Waals surface area (Å²) < 4.78 is 0. The lowest BCUT2D eigenvalue weighted by Crippen LogP contribution is -1.94. The minimum absolute atomic E-state index is 1.03. The summed E-state index contributed by atoms with van der Waals surface area (Å²) in [4.78, 5) is 0. The molecule has 0 nitrogen and oxygen atoms in total. The Morgan fingerprint density at radius 1 is 1.40 bits per heavy atom. The second-order valence-corrected chi connectivity index (χ2v) is 4.54. The highest BCUT2D eigenvalue weighted by Gasteiger charge is 2.13. The average molecular weight is 158 g/mol. The first kappa shape index (κ1) is 8.45. The summed E-state index contributed by atoms with van der Waals surface area (Å²) in [6.45, 7) is 2.28. The van der Waals surface area contributed by atoms with Crippen molar-refractivity contribution in [1.29, 1.82) is 0 Å². The molecule has 10 heavy (non-hydrogen) atoms. The Bertz CT molecular complexity index is 74.8. The van der Waals surface area contributed by atoms with E-state index in [0.29, 0.717) is 0 Å². The number of hydrogen-bond donors (Lipinski definition) is 0. The Kier molecular flexibility index (Phi) is 4.27. The zero-order valence-corrected chi connectivity index (χ0v) is 7.75. The van der Waals surface area contributed by atoms with Crippen LogP contribution < -0.4 is 0 Å². The largest absolute Gasteiger partial charge is 0.159 e. The van der Waals surface area contributed by atoms with Crippen LogP contribution in [0.4, 0.5) is 0 Å². The third kappa shape index (κ3) is 2.96. The van der Waals surface area contributed by atoms with Gasteiger partial charge in [-0.1, -0.05) is 26.2 Å². The van der Waals surface area contributed by atoms with Crippen molar-refractivity contribution in [3.63, 3.8) is 0 Å². The molecule has 1 aliphatic heterocycles. The van der Waals surface area contributed by atoms with E-state index in [1.807, 2.05) is 0 Å². The first-order chi connectivity index (χ1) is 4.93. The molecule has 0 radical (unpaired) electrons. The standard InChI is InChI=1S/C9H18S/c1-2-3-4-6-9-7-5-8-10-9/h9H,2-8H2,1H3. The molecule has 1 heteroatoms. The first-order valence-electron chi connectivity index (χ1n) is 4.55. The molecule has 1 rings (SSSR count).